The topological polar surface area (TPSA) is 31.2 Å². The van der Waals surface area contributed by atoms with Gasteiger partial charge in [-0.1, -0.05) is 72.8 Å². The van der Waals surface area contributed by atoms with Crippen molar-refractivity contribution in [3.8, 4) is 5.69 Å². The summed E-state index contributed by atoms with van der Waals surface area (Å²) in [7, 11) is 0. The smallest absolute Gasteiger partial charge is 0.136 e. The van der Waals surface area contributed by atoms with Crippen molar-refractivity contribution in [1.82, 2.24) is 4.57 Å². The van der Waals surface area contributed by atoms with Gasteiger partial charge >= 0.3 is 0 Å². The van der Waals surface area contributed by atoms with Crippen LogP contribution >= 0.6 is 0 Å². The van der Waals surface area contributed by atoms with Gasteiger partial charge < -0.3 is 13.4 Å². The van der Waals surface area contributed by atoms with Crippen LogP contribution in [0.25, 0.3) is 71.4 Å². The number of benzene rings is 6. The molecule has 40 heavy (non-hydrogen) atoms. The molecule has 9 aromatic rings. The minimum atomic E-state index is 0.873. The highest BCUT2D eigenvalue weighted by atomic mass is 16.3. The van der Waals surface area contributed by atoms with Crippen molar-refractivity contribution in [2.75, 3.05) is 0 Å². The first-order chi connectivity index (χ1) is 19.8. The summed E-state index contributed by atoms with van der Waals surface area (Å²) in [5, 5.41) is 6.94. The van der Waals surface area contributed by atoms with Crippen LogP contribution in [0.5, 0.6) is 0 Å². The largest absolute Gasteiger partial charge is 0.456 e. The summed E-state index contributed by atoms with van der Waals surface area (Å²) in [5.41, 5.74) is 9.58. The highest BCUT2D eigenvalue weighted by Crippen LogP contribution is 2.41. The van der Waals surface area contributed by atoms with Gasteiger partial charge in [0.05, 0.1) is 11.0 Å². The molecule has 0 spiro atoms. The molecule has 0 saturated carbocycles. The minimum Gasteiger partial charge on any atom is -0.456 e. The molecule has 0 amide bonds. The molecule has 0 bridgehead atoms. The van der Waals surface area contributed by atoms with E-state index in [9.17, 15) is 0 Å². The van der Waals surface area contributed by atoms with E-state index in [1.807, 2.05) is 12.1 Å². The molecule has 0 aliphatic rings. The van der Waals surface area contributed by atoms with Crippen LogP contribution in [-0.4, -0.2) is 4.57 Å². The first-order valence-electron chi connectivity index (χ1n) is 13.6. The lowest BCUT2D eigenvalue weighted by atomic mass is 10.0. The fourth-order valence-corrected chi connectivity index (χ4v) is 6.45. The van der Waals surface area contributed by atoms with Crippen LogP contribution in [0, 0.1) is 0 Å². The minimum absolute atomic E-state index is 0.873. The molecular formula is C37H23NO2. The van der Waals surface area contributed by atoms with Crippen molar-refractivity contribution >= 4 is 65.7 Å². The van der Waals surface area contributed by atoms with E-state index in [1.165, 1.54) is 32.9 Å². The van der Waals surface area contributed by atoms with Crippen LogP contribution in [0.4, 0.5) is 0 Å². The zero-order valence-electron chi connectivity index (χ0n) is 21.6. The Hall–Kier alpha value is -5.28. The molecule has 0 fully saturated rings. The average molecular weight is 514 g/mol. The van der Waals surface area contributed by atoms with E-state index >= 15 is 0 Å². The Balaban J connectivity index is 1.32. The highest BCUT2D eigenvalue weighted by Gasteiger charge is 2.18. The van der Waals surface area contributed by atoms with E-state index in [0.29, 0.717) is 0 Å². The van der Waals surface area contributed by atoms with Gasteiger partial charge in [0.15, 0.2) is 0 Å². The third kappa shape index (κ3) is 3.06. The van der Waals surface area contributed by atoms with Crippen LogP contribution < -0.4 is 0 Å². The lowest BCUT2D eigenvalue weighted by Crippen LogP contribution is -1.93. The molecule has 9 rings (SSSR count). The summed E-state index contributed by atoms with van der Waals surface area (Å²) in [6.07, 6.45) is 0.878. The van der Waals surface area contributed by atoms with Gasteiger partial charge in [0.2, 0.25) is 0 Å². The van der Waals surface area contributed by atoms with Gasteiger partial charge in [-0.15, -0.1) is 0 Å². The van der Waals surface area contributed by atoms with E-state index < -0.39 is 0 Å². The second-order valence-corrected chi connectivity index (χ2v) is 10.6. The number of rotatable bonds is 3. The van der Waals surface area contributed by atoms with Gasteiger partial charge in [-0.3, -0.25) is 0 Å². The molecule has 0 aliphatic carbocycles. The molecule has 3 heteroatoms. The Labute approximate surface area is 229 Å². The van der Waals surface area contributed by atoms with E-state index in [0.717, 1.165) is 56.0 Å². The van der Waals surface area contributed by atoms with E-state index in [1.54, 1.807) is 0 Å². The molecule has 0 unspecified atom stereocenters. The first kappa shape index (κ1) is 21.6. The van der Waals surface area contributed by atoms with Gasteiger partial charge in [0.1, 0.15) is 22.3 Å². The van der Waals surface area contributed by atoms with Crippen LogP contribution in [0.2, 0.25) is 0 Å². The summed E-state index contributed by atoms with van der Waals surface area (Å²) in [4.78, 5) is 0. The number of hydrogen-bond acceptors (Lipinski definition) is 2. The summed E-state index contributed by atoms with van der Waals surface area (Å²) in [6, 6.07) is 45.0. The molecular weight excluding hydrogens is 490 g/mol. The Kier molecular flexibility index (Phi) is 4.39. The SMILES string of the molecule is c1ccc(Cc2ccc3oc4ccc5oc6ccc(-n7c8ccccc8c8ccccc87)cc6c5c4c3c2)cc1. The normalized spacial score (nSPS) is 12.1. The number of para-hydroxylation sites is 2. The van der Waals surface area contributed by atoms with Crippen molar-refractivity contribution in [2.45, 2.75) is 6.42 Å². The van der Waals surface area contributed by atoms with Crippen LogP contribution in [0.1, 0.15) is 11.1 Å². The summed E-state index contributed by atoms with van der Waals surface area (Å²) >= 11 is 0. The maximum Gasteiger partial charge on any atom is 0.136 e. The predicted molar refractivity (Wildman–Crippen MR) is 165 cm³/mol. The summed E-state index contributed by atoms with van der Waals surface area (Å²) in [5.74, 6) is 0. The molecule has 0 N–H and O–H groups in total. The maximum atomic E-state index is 6.40. The maximum absolute atomic E-state index is 6.40. The molecule has 3 nitrogen and oxygen atoms in total. The fourth-order valence-electron chi connectivity index (χ4n) is 6.45. The summed E-state index contributed by atoms with van der Waals surface area (Å²) < 4.78 is 15.1. The molecule has 0 atom stereocenters. The average Bonchev–Trinajstić information content (AvgIpc) is 3.66. The number of hydrogen-bond donors (Lipinski definition) is 0. The molecule has 0 saturated heterocycles. The first-order valence-corrected chi connectivity index (χ1v) is 13.6. The highest BCUT2D eigenvalue weighted by molar-refractivity contribution is 6.26. The van der Waals surface area contributed by atoms with Crippen molar-refractivity contribution in [3.63, 3.8) is 0 Å². The zero-order valence-corrected chi connectivity index (χ0v) is 21.6. The third-order valence-corrected chi connectivity index (χ3v) is 8.20. The van der Waals surface area contributed by atoms with Crippen molar-refractivity contribution in [3.05, 3.63) is 139 Å². The van der Waals surface area contributed by atoms with E-state index in [4.69, 9.17) is 8.83 Å². The predicted octanol–water partition coefficient (Wildman–Crippen LogP) is 10.2. The number of furan rings is 2. The Morgan fingerprint density at radius 1 is 0.425 bits per heavy atom. The van der Waals surface area contributed by atoms with Crippen molar-refractivity contribution in [1.29, 1.82) is 0 Å². The lowest BCUT2D eigenvalue weighted by Gasteiger charge is -2.08. The molecule has 188 valence electrons. The second-order valence-electron chi connectivity index (χ2n) is 10.6. The number of nitrogens with zero attached hydrogens (tertiary/aromatic N) is 1. The monoisotopic (exact) mass is 513 g/mol. The number of aromatic nitrogens is 1. The van der Waals surface area contributed by atoms with Crippen molar-refractivity contribution in [2.24, 2.45) is 0 Å². The van der Waals surface area contributed by atoms with Gasteiger partial charge in [-0.2, -0.15) is 0 Å². The molecule has 0 aliphatic heterocycles. The van der Waals surface area contributed by atoms with Gasteiger partial charge in [0, 0.05) is 38.0 Å². The van der Waals surface area contributed by atoms with E-state index in [-0.39, 0.29) is 0 Å². The van der Waals surface area contributed by atoms with Gasteiger partial charge in [-0.05, 0) is 72.1 Å². The molecule has 0 radical (unpaired) electrons. The van der Waals surface area contributed by atoms with Crippen LogP contribution in [-0.2, 0) is 6.42 Å². The summed E-state index contributed by atoms with van der Waals surface area (Å²) in [6.45, 7) is 0. The molecule has 3 heterocycles. The standard InChI is InChI=1S/C37H23NO2/c1-2-8-23(9-3-1)20-24-14-16-32-28(21-24)36-34(39-32)18-19-35-37(36)29-22-25(15-17-33(29)40-35)38-30-12-6-4-10-26(30)27-11-5-7-13-31(27)38/h1-19,21-22H,20H2. The van der Waals surface area contributed by atoms with Crippen LogP contribution in [0.15, 0.2) is 136 Å². The Morgan fingerprint density at radius 2 is 0.975 bits per heavy atom. The molecule has 6 aromatic carbocycles. The lowest BCUT2D eigenvalue weighted by molar-refractivity contribution is 0.663. The Morgan fingerprint density at radius 3 is 1.65 bits per heavy atom. The quantitative estimate of drug-likeness (QED) is 0.235. The number of fused-ring (bicyclic) bond motifs is 10. The zero-order chi connectivity index (χ0) is 26.2. The Bertz CT molecular complexity index is 2350. The van der Waals surface area contributed by atoms with E-state index in [2.05, 4.69) is 120 Å². The third-order valence-electron chi connectivity index (χ3n) is 8.20. The fraction of sp³-hybridized carbons (Fsp3) is 0.0270. The van der Waals surface area contributed by atoms with Crippen molar-refractivity contribution < 1.29 is 8.83 Å². The van der Waals surface area contributed by atoms with Crippen LogP contribution in [0.3, 0.4) is 0 Å². The second kappa shape index (κ2) is 8.11. The van der Waals surface area contributed by atoms with Gasteiger partial charge in [-0.25, -0.2) is 0 Å². The van der Waals surface area contributed by atoms with Gasteiger partial charge in [0.25, 0.3) is 0 Å². The molecule has 3 aromatic heterocycles.